The van der Waals surface area contributed by atoms with E-state index in [1.807, 2.05) is 6.92 Å². The molecule has 0 aromatic heterocycles. The molecule has 0 aromatic carbocycles. The number of hydrogen-bond acceptors (Lipinski definition) is 23. The van der Waals surface area contributed by atoms with Crippen LogP contribution in [0.5, 0.6) is 0 Å². The summed E-state index contributed by atoms with van der Waals surface area (Å²) in [5, 5.41) is 106. The second-order valence-electron chi connectivity index (χ2n) is 14.4. The van der Waals surface area contributed by atoms with Gasteiger partial charge in [-0.25, -0.2) is 13.2 Å². The molecule has 352 valence electrons. The molecule has 0 aliphatic carbocycles. The van der Waals surface area contributed by atoms with Crippen LogP contribution in [0.15, 0.2) is 0 Å². The van der Waals surface area contributed by atoms with E-state index in [9.17, 15) is 82.0 Å². The van der Waals surface area contributed by atoms with Gasteiger partial charge in [0.1, 0.15) is 54.9 Å². The number of carbonyl (C=O) groups is 2. The minimum Gasteiger partial charge on any atom is -0.481 e. The molecule has 3 saturated heterocycles. The van der Waals surface area contributed by atoms with Crippen molar-refractivity contribution in [1.29, 1.82) is 0 Å². The van der Waals surface area contributed by atoms with Gasteiger partial charge in [-0.15, -0.1) is 0 Å². The highest BCUT2D eigenvalue weighted by molar-refractivity contribution is 7.81. The molecule has 60 heavy (non-hydrogen) atoms. The Balaban J connectivity index is 1.84. The maximum absolute atomic E-state index is 12.4. The number of carboxylic acids is 2. The third-order valence-corrected chi connectivity index (χ3v) is 10.7. The first-order chi connectivity index (χ1) is 27.8. The predicted octanol–water partition coefficient (Wildman–Crippen LogP) is -5.16. The quantitative estimate of drug-likeness (QED) is 0.0259. The van der Waals surface area contributed by atoms with E-state index in [-0.39, 0.29) is 6.61 Å². The molecule has 19 atom stereocenters. The number of unbranched alkanes of at least 4 members (excludes halogenated alkanes) is 2. The zero-order valence-corrected chi connectivity index (χ0v) is 33.9. The van der Waals surface area contributed by atoms with Crippen molar-refractivity contribution in [2.75, 3.05) is 19.8 Å². The van der Waals surface area contributed by atoms with Gasteiger partial charge in [0.15, 0.2) is 31.3 Å². The van der Waals surface area contributed by atoms with Crippen LogP contribution >= 0.6 is 0 Å². The number of aliphatic hydroxyl groups is 8. The Kier molecular flexibility index (Phi) is 19.8. The van der Waals surface area contributed by atoms with E-state index in [0.717, 1.165) is 6.42 Å². The van der Waals surface area contributed by atoms with E-state index in [4.69, 9.17) is 37.7 Å². The molecule has 3 fully saturated rings. The standard InChI is InChI=1S/C31H54O27S2/c1-4-5-6-7-50-28(43)22(39)19(36)13(8-16(32)33)53-29-12(3)18(35)24(15(55-29)10-52-60(47,48)49)56-31-23(40)21(38)25(26(58-31)27(41)42)57-30-11(2)17(34)20(37)14(54-30)9-51-59(44,45)46/h11-15,17-26,28-31,34-40,43H,4-10H2,1-3H3,(H,32,33)(H,41,42)(H,44,45,46)(H,47,48,49). The Morgan fingerprint density at radius 1 is 0.667 bits per heavy atom. The van der Waals surface area contributed by atoms with Crippen LogP contribution in [0.3, 0.4) is 0 Å². The van der Waals surface area contributed by atoms with Crippen LogP contribution in [-0.2, 0) is 71.9 Å². The maximum Gasteiger partial charge on any atom is 0.397 e. The lowest BCUT2D eigenvalue weighted by atomic mass is 9.91. The van der Waals surface area contributed by atoms with Gasteiger partial charge in [-0.3, -0.25) is 13.9 Å². The molecular weight excluding hydrogens is 868 g/mol. The van der Waals surface area contributed by atoms with Gasteiger partial charge < -0.3 is 84.2 Å². The molecule has 0 radical (unpaired) electrons. The summed E-state index contributed by atoms with van der Waals surface area (Å²) < 4.78 is 110. The van der Waals surface area contributed by atoms with Crippen molar-refractivity contribution in [2.24, 2.45) is 11.8 Å². The number of aliphatic hydroxyl groups excluding tert-OH is 8. The lowest BCUT2D eigenvalue weighted by molar-refractivity contribution is -0.370. The summed E-state index contributed by atoms with van der Waals surface area (Å²) in [6.45, 7) is 2.02. The van der Waals surface area contributed by atoms with Gasteiger partial charge in [-0.2, -0.15) is 16.8 Å². The Morgan fingerprint density at radius 3 is 1.77 bits per heavy atom. The molecule has 0 bridgehead atoms. The second-order valence-corrected chi connectivity index (χ2v) is 16.6. The van der Waals surface area contributed by atoms with Gasteiger partial charge in [0.25, 0.3) is 0 Å². The Bertz CT molecular complexity index is 1580. The monoisotopic (exact) mass is 922 g/mol. The molecule has 0 saturated carbocycles. The van der Waals surface area contributed by atoms with Crippen molar-refractivity contribution in [2.45, 2.75) is 151 Å². The van der Waals surface area contributed by atoms with Crippen LogP contribution in [-0.4, -0.2) is 213 Å². The zero-order valence-electron chi connectivity index (χ0n) is 32.2. The Morgan fingerprint density at radius 2 is 1.22 bits per heavy atom. The topological polar surface area (TPSA) is 428 Å². The highest BCUT2D eigenvalue weighted by atomic mass is 32.3. The summed E-state index contributed by atoms with van der Waals surface area (Å²) in [6, 6.07) is 0. The third kappa shape index (κ3) is 14.6. The highest BCUT2D eigenvalue weighted by Gasteiger charge is 2.55. The zero-order chi connectivity index (χ0) is 45.4. The normalized spacial score (nSPS) is 37.5. The van der Waals surface area contributed by atoms with Crippen LogP contribution in [0.2, 0.25) is 0 Å². The van der Waals surface area contributed by atoms with E-state index in [1.165, 1.54) is 13.8 Å². The molecule has 29 heteroatoms. The SMILES string of the molecule is CCCCCOC(O)C(O)C(O)C(CC(=O)O)OC1OC(COS(=O)(=O)O)C(OC2OC(C(=O)O)C(OC3OC(COS(=O)(=O)O)C(O)C(O)C3C)C(O)C2O)C(O)C1C. The van der Waals surface area contributed by atoms with Gasteiger partial charge in [0.2, 0.25) is 0 Å². The third-order valence-electron chi connectivity index (χ3n) is 9.86. The fourth-order valence-electron chi connectivity index (χ4n) is 6.43. The summed E-state index contributed by atoms with van der Waals surface area (Å²) in [5.41, 5.74) is 0. The van der Waals surface area contributed by atoms with E-state index in [1.54, 1.807) is 0 Å². The van der Waals surface area contributed by atoms with Gasteiger partial charge in [-0.05, 0) is 6.42 Å². The molecule has 19 unspecified atom stereocenters. The molecular formula is C31H54O27S2. The molecule has 12 N–H and O–H groups in total. The number of carboxylic acid groups (broad SMARTS) is 2. The number of rotatable bonds is 23. The molecule has 0 spiro atoms. The smallest absolute Gasteiger partial charge is 0.397 e. The summed E-state index contributed by atoms with van der Waals surface area (Å²) in [7, 11) is -10.3. The van der Waals surface area contributed by atoms with E-state index in [2.05, 4.69) is 8.37 Å². The molecule has 27 nitrogen and oxygen atoms in total. The molecule has 3 aliphatic rings. The molecule has 0 aromatic rings. The van der Waals surface area contributed by atoms with Gasteiger partial charge >= 0.3 is 32.7 Å². The highest BCUT2D eigenvalue weighted by Crippen LogP contribution is 2.36. The molecule has 3 heterocycles. The van der Waals surface area contributed by atoms with Gasteiger partial charge in [0, 0.05) is 18.4 Å². The van der Waals surface area contributed by atoms with Crippen molar-refractivity contribution in [1.82, 2.24) is 0 Å². The Hall–Kier alpha value is -1.92. The number of ether oxygens (including phenoxy) is 7. The summed E-state index contributed by atoms with van der Waals surface area (Å²) in [4.78, 5) is 24.1. The fourth-order valence-corrected chi connectivity index (χ4v) is 7.04. The minimum absolute atomic E-state index is 0.0338. The first-order valence-corrected chi connectivity index (χ1v) is 21.2. The number of hydrogen-bond donors (Lipinski definition) is 12. The van der Waals surface area contributed by atoms with Crippen molar-refractivity contribution < 1.29 is 128 Å². The first kappa shape index (κ1) is 52.4. The summed E-state index contributed by atoms with van der Waals surface area (Å²) in [6.07, 6.45) is -33.2. The molecule has 3 aliphatic heterocycles. The average molecular weight is 923 g/mol. The average Bonchev–Trinajstić information content (AvgIpc) is 3.15. The van der Waals surface area contributed by atoms with Crippen LogP contribution in [0.25, 0.3) is 0 Å². The summed E-state index contributed by atoms with van der Waals surface area (Å²) >= 11 is 0. The maximum atomic E-state index is 12.4. The largest absolute Gasteiger partial charge is 0.481 e. The van der Waals surface area contributed by atoms with Crippen molar-refractivity contribution in [3.63, 3.8) is 0 Å². The van der Waals surface area contributed by atoms with Crippen LogP contribution < -0.4 is 0 Å². The van der Waals surface area contributed by atoms with E-state index in [0.29, 0.717) is 12.8 Å². The van der Waals surface area contributed by atoms with Crippen LogP contribution in [0, 0.1) is 11.8 Å². The lowest BCUT2D eigenvalue weighted by Crippen LogP contribution is -2.66. The first-order valence-electron chi connectivity index (χ1n) is 18.4. The predicted molar refractivity (Wildman–Crippen MR) is 187 cm³/mol. The van der Waals surface area contributed by atoms with Gasteiger partial charge in [-0.1, -0.05) is 33.6 Å². The van der Waals surface area contributed by atoms with E-state index >= 15 is 0 Å². The van der Waals surface area contributed by atoms with Crippen LogP contribution in [0.1, 0.15) is 46.5 Å². The van der Waals surface area contributed by atoms with Crippen LogP contribution in [0.4, 0.5) is 0 Å². The van der Waals surface area contributed by atoms with Crippen molar-refractivity contribution in [3.05, 3.63) is 0 Å². The Labute approximate surface area is 343 Å². The summed E-state index contributed by atoms with van der Waals surface area (Å²) in [5.74, 6) is -6.07. The molecule has 0 amide bonds. The lowest BCUT2D eigenvalue weighted by Gasteiger charge is -2.48. The van der Waals surface area contributed by atoms with E-state index < -0.39 is 169 Å². The second kappa shape index (κ2) is 22.6. The van der Waals surface area contributed by atoms with Crippen molar-refractivity contribution >= 4 is 32.7 Å². The fraction of sp³-hybridized carbons (Fsp3) is 0.935. The minimum atomic E-state index is -5.26. The van der Waals surface area contributed by atoms with Crippen molar-refractivity contribution in [3.8, 4) is 0 Å². The molecule has 3 rings (SSSR count). The number of aliphatic carboxylic acids is 2. The van der Waals surface area contributed by atoms with Gasteiger partial charge in [0.05, 0.1) is 37.9 Å².